The van der Waals surface area contributed by atoms with E-state index in [1.165, 1.54) is 18.2 Å². The van der Waals surface area contributed by atoms with Gasteiger partial charge in [0.05, 0.1) is 11.6 Å². The van der Waals surface area contributed by atoms with Gasteiger partial charge < -0.3 is 10.1 Å². The molecule has 0 bridgehead atoms. The van der Waals surface area contributed by atoms with E-state index in [-0.39, 0.29) is 16.0 Å². The maximum atomic E-state index is 13.2. The van der Waals surface area contributed by atoms with Crippen LogP contribution in [0.25, 0.3) is 0 Å². The third-order valence-electron chi connectivity index (χ3n) is 3.46. The number of thiocarbonyl (C=S) groups is 1. The topological polar surface area (TPSA) is 50.4 Å². The van der Waals surface area contributed by atoms with Crippen molar-refractivity contribution < 1.29 is 13.9 Å². The van der Waals surface area contributed by atoms with E-state index in [1.54, 1.807) is 24.3 Å². The smallest absolute Gasteiger partial charge is 0.257 e. The molecule has 7 heteroatoms. The minimum absolute atomic E-state index is 0.0321. The molecule has 0 saturated heterocycles. The van der Waals surface area contributed by atoms with Crippen molar-refractivity contribution in [2.24, 2.45) is 5.92 Å². The number of nitrogens with one attached hydrogen (secondary N) is 2. The number of rotatable bonds is 6. The van der Waals surface area contributed by atoms with Gasteiger partial charge in [0.25, 0.3) is 5.91 Å². The summed E-state index contributed by atoms with van der Waals surface area (Å²) in [5, 5.41) is 5.41. The Kier molecular flexibility index (Phi) is 7.36. The van der Waals surface area contributed by atoms with Crippen molar-refractivity contribution in [3.8, 4) is 5.75 Å². The molecule has 4 nitrogen and oxygen atoms in total. The van der Waals surface area contributed by atoms with Crippen LogP contribution in [0.5, 0.6) is 5.75 Å². The molecule has 0 radical (unpaired) electrons. The Bertz CT molecular complexity index is 799. The number of carbonyl (C=O) groups is 1. The Morgan fingerprint density at radius 1 is 1.27 bits per heavy atom. The Balaban J connectivity index is 1.93. The van der Waals surface area contributed by atoms with E-state index in [0.717, 1.165) is 6.42 Å². The highest BCUT2D eigenvalue weighted by Crippen LogP contribution is 2.19. The van der Waals surface area contributed by atoms with Crippen LogP contribution in [0.2, 0.25) is 5.02 Å². The first-order valence-electron chi connectivity index (χ1n) is 8.15. The van der Waals surface area contributed by atoms with Gasteiger partial charge in [-0.25, -0.2) is 4.39 Å². The maximum absolute atomic E-state index is 13.2. The molecular formula is C19H20ClFN2O2S. The first-order chi connectivity index (χ1) is 12.3. The van der Waals surface area contributed by atoms with Crippen LogP contribution in [-0.4, -0.2) is 17.6 Å². The maximum Gasteiger partial charge on any atom is 0.257 e. The molecule has 0 fully saturated rings. The lowest BCUT2D eigenvalue weighted by Crippen LogP contribution is -2.34. The van der Waals surface area contributed by atoms with Gasteiger partial charge in [-0.1, -0.05) is 31.5 Å². The second kappa shape index (κ2) is 9.50. The first-order valence-corrected chi connectivity index (χ1v) is 8.94. The molecule has 0 saturated carbocycles. The van der Waals surface area contributed by atoms with Gasteiger partial charge in [-0.3, -0.25) is 10.1 Å². The molecule has 0 aliphatic rings. The molecule has 0 spiro atoms. The van der Waals surface area contributed by atoms with Crippen LogP contribution in [0.4, 0.5) is 10.1 Å². The predicted octanol–water partition coefficient (Wildman–Crippen LogP) is 5.03. The van der Waals surface area contributed by atoms with E-state index in [4.69, 9.17) is 28.6 Å². The minimum Gasteiger partial charge on any atom is -0.494 e. The van der Waals surface area contributed by atoms with Gasteiger partial charge in [-0.2, -0.15) is 0 Å². The molecule has 2 aromatic rings. The average Bonchev–Trinajstić information content (AvgIpc) is 2.58. The SMILES string of the molecule is CC(C)CCOc1cccc(C(=O)NC(=S)Nc2ccc(F)c(Cl)c2)c1. The fourth-order valence-corrected chi connectivity index (χ4v) is 2.44. The predicted molar refractivity (Wildman–Crippen MR) is 106 cm³/mol. The van der Waals surface area contributed by atoms with E-state index >= 15 is 0 Å². The van der Waals surface area contributed by atoms with Gasteiger partial charge >= 0.3 is 0 Å². The van der Waals surface area contributed by atoms with Gasteiger partial charge in [0.15, 0.2) is 5.11 Å². The normalized spacial score (nSPS) is 10.5. The monoisotopic (exact) mass is 394 g/mol. The van der Waals surface area contributed by atoms with Crippen molar-refractivity contribution in [2.45, 2.75) is 20.3 Å². The third kappa shape index (κ3) is 6.28. The molecule has 0 heterocycles. The van der Waals surface area contributed by atoms with E-state index in [1.807, 2.05) is 0 Å². The van der Waals surface area contributed by atoms with Gasteiger partial charge in [-0.15, -0.1) is 0 Å². The quantitative estimate of drug-likeness (QED) is 0.674. The van der Waals surface area contributed by atoms with Gasteiger partial charge in [0, 0.05) is 11.3 Å². The van der Waals surface area contributed by atoms with E-state index in [0.29, 0.717) is 29.5 Å². The van der Waals surface area contributed by atoms with Crippen molar-refractivity contribution in [3.05, 3.63) is 58.9 Å². The molecule has 138 valence electrons. The molecule has 0 atom stereocenters. The summed E-state index contributed by atoms with van der Waals surface area (Å²) in [5.41, 5.74) is 0.904. The largest absolute Gasteiger partial charge is 0.494 e. The molecule has 0 unspecified atom stereocenters. The number of benzene rings is 2. The number of ether oxygens (including phenoxy) is 1. The number of halogens is 2. The zero-order chi connectivity index (χ0) is 19.1. The lowest BCUT2D eigenvalue weighted by atomic mass is 10.1. The van der Waals surface area contributed by atoms with Crippen LogP contribution < -0.4 is 15.4 Å². The van der Waals surface area contributed by atoms with Crippen molar-refractivity contribution in [1.82, 2.24) is 5.32 Å². The van der Waals surface area contributed by atoms with Gasteiger partial charge in [0.1, 0.15) is 11.6 Å². The van der Waals surface area contributed by atoms with E-state index < -0.39 is 5.82 Å². The fraction of sp³-hybridized carbons (Fsp3) is 0.263. The lowest BCUT2D eigenvalue weighted by molar-refractivity contribution is 0.0977. The average molecular weight is 395 g/mol. The summed E-state index contributed by atoms with van der Waals surface area (Å²) in [4.78, 5) is 12.3. The highest BCUT2D eigenvalue weighted by atomic mass is 35.5. The summed E-state index contributed by atoms with van der Waals surface area (Å²) in [6, 6.07) is 11.0. The molecule has 0 aliphatic carbocycles. The number of amides is 1. The summed E-state index contributed by atoms with van der Waals surface area (Å²) in [6.07, 6.45) is 0.935. The number of hydrogen-bond acceptors (Lipinski definition) is 3. The summed E-state index contributed by atoms with van der Waals surface area (Å²) in [6.45, 7) is 4.83. The highest BCUT2D eigenvalue weighted by Gasteiger charge is 2.10. The molecular weight excluding hydrogens is 375 g/mol. The highest BCUT2D eigenvalue weighted by molar-refractivity contribution is 7.80. The van der Waals surface area contributed by atoms with Crippen LogP contribution in [0.1, 0.15) is 30.6 Å². The summed E-state index contributed by atoms with van der Waals surface area (Å²) in [5.74, 6) is 0.277. The molecule has 0 aromatic heterocycles. The van der Waals surface area contributed by atoms with Crippen molar-refractivity contribution >= 4 is 40.5 Å². The number of hydrogen-bond donors (Lipinski definition) is 2. The zero-order valence-corrected chi connectivity index (χ0v) is 16.1. The van der Waals surface area contributed by atoms with E-state index in [9.17, 15) is 9.18 Å². The van der Waals surface area contributed by atoms with Crippen LogP contribution in [0, 0.1) is 11.7 Å². The summed E-state index contributed by atoms with van der Waals surface area (Å²) in [7, 11) is 0. The molecule has 2 N–H and O–H groups in total. The van der Waals surface area contributed by atoms with Crippen LogP contribution in [0.3, 0.4) is 0 Å². The molecule has 2 rings (SSSR count). The number of carbonyl (C=O) groups excluding carboxylic acids is 1. The Labute approximate surface area is 162 Å². The first kappa shape index (κ1) is 20.1. The van der Waals surface area contributed by atoms with Crippen LogP contribution >= 0.6 is 23.8 Å². The Morgan fingerprint density at radius 3 is 2.73 bits per heavy atom. The Hall–Kier alpha value is -2.18. The zero-order valence-electron chi connectivity index (χ0n) is 14.5. The molecule has 1 amide bonds. The summed E-state index contributed by atoms with van der Waals surface area (Å²) < 4.78 is 18.8. The lowest BCUT2D eigenvalue weighted by Gasteiger charge is -2.11. The van der Waals surface area contributed by atoms with Gasteiger partial charge in [-0.05, 0) is 61.0 Å². The second-order valence-electron chi connectivity index (χ2n) is 6.10. The van der Waals surface area contributed by atoms with Crippen LogP contribution in [-0.2, 0) is 0 Å². The van der Waals surface area contributed by atoms with Crippen molar-refractivity contribution in [3.63, 3.8) is 0 Å². The molecule has 0 aliphatic heterocycles. The third-order valence-corrected chi connectivity index (χ3v) is 3.96. The Morgan fingerprint density at radius 2 is 2.04 bits per heavy atom. The molecule has 2 aromatic carbocycles. The van der Waals surface area contributed by atoms with Crippen molar-refractivity contribution in [2.75, 3.05) is 11.9 Å². The molecule has 26 heavy (non-hydrogen) atoms. The second-order valence-corrected chi connectivity index (χ2v) is 6.91. The van der Waals surface area contributed by atoms with Gasteiger partial charge in [0.2, 0.25) is 0 Å². The number of anilines is 1. The summed E-state index contributed by atoms with van der Waals surface area (Å²) >= 11 is 10.8. The van der Waals surface area contributed by atoms with E-state index in [2.05, 4.69) is 24.5 Å². The van der Waals surface area contributed by atoms with Crippen LogP contribution in [0.15, 0.2) is 42.5 Å². The standard InChI is InChI=1S/C19H20ClFN2O2S/c1-12(2)8-9-25-15-5-3-4-13(10-15)18(24)23-19(26)22-14-6-7-17(21)16(20)11-14/h3-7,10-12H,8-9H2,1-2H3,(H2,22,23,24,26). The minimum atomic E-state index is -0.526. The van der Waals surface area contributed by atoms with Crippen molar-refractivity contribution in [1.29, 1.82) is 0 Å². The fourth-order valence-electron chi connectivity index (χ4n) is 2.05.